The summed E-state index contributed by atoms with van der Waals surface area (Å²) in [4.78, 5) is 11.1. The van der Waals surface area contributed by atoms with Gasteiger partial charge < -0.3 is 11.1 Å². The average molecular weight is 294 g/mol. The highest BCUT2D eigenvalue weighted by molar-refractivity contribution is 5.94. The van der Waals surface area contributed by atoms with Crippen LogP contribution >= 0.6 is 0 Å². The second-order valence-electron chi connectivity index (χ2n) is 4.57. The van der Waals surface area contributed by atoms with E-state index in [1.54, 1.807) is 6.92 Å². The zero-order chi connectivity index (χ0) is 15.6. The second kappa shape index (κ2) is 5.87. The van der Waals surface area contributed by atoms with Crippen LogP contribution in [0.5, 0.6) is 0 Å². The van der Waals surface area contributed by atoms with E-state index in [1.807, 2.05) is 0 Å². The molecule has 2 aromatic carbocycles. The lowest BCUT2D eigenvalue weighted by Crippen LogP contribution is -2.15. The fourth-order valence-electron chi connectivity index (χ4n) is 1.99. The van der Waals surface area contributed by atoms with Crippen LogP contribution in [0, 0.1) is 17.5 Å². The molecular formula is C15H13F3N2O. The van der Waals surface area contributed by atoms with Gasteiger partial charge in [-0.1, -0.05) is 12.1 Å². The van der Waals surface area contributed by atoms with Crippen molar-refractivity contribution < 1.29 is 18.0 Å². The van der Waals surface area contributed by atoms with Gasteiger partial charge in [-0.3, -0.25) is 4.79 Å². The molecule has 0 fully saturated rings. The van der Waals surface area contributed by atoms with Crippen LogP contribution in [0.3, 0.4) is 0 Å². The zero-order valence-electron chi connectivity index (χ0n) is 11.2. The summed E-state index contributed by atoms with van der Waals surface area (Å²) < 4.78 is 40.2. The van der Waals surface area contributed by atoms with E-state index in [2.05, 4.69) is 5.32 Å². The number of anilines is 1. The minimum Gasteiger partial charge on any atom is -0.378 e. The van der Waals surface area contributed by atoms with Gasteiger partial charge in [0, 0.05) is 11.3 Å². The fourth-order valence-corrected chi connectivity index (χ4v) is 1.99. The molecule has 0 bridgehead atoms. The average Bonchev–Trinajstić information content (AvgIpc) is 2.43. The molecule has 6 heteroatoms. The third kappa shape index (κ3) is 3.16. The molecule has 0 aromatic heterocycles. The maximum absolute atomic E-state index is 13.7. The standard InChI is InChI=1S/C15H13F3N2O/c1-8(10-3-2-4-13(17)14(10)18)20-9-5-6-12(16)11(7-9)15(19)21/h2-8,20H,1H3,(H2,19,21). The van der Waals surface area contributed by atoms with E-state index in [0.29, 0.717) is 5.69 Å². The highest BCUT2D eigenvalue weighted by atomic mass is 19.2. The van der Waals surface area contributed by atoms with E-state index in [0.717, 1.165) is 12.1 Å². The van der Waals surface area contributed by atoms with Gasteiger partial charge >= 0.3 is 0 Å². The van der Waals surface area contributed by atoms with E-state index in [9.17, 15) is 18.0 Å². The van der Waals surface area contributed by atoms with Crippen molar-refractivity contribution in [2.75, 3.05) is 5.32 Å². The summed E-state index contributed by atoms with van der Waals surface area (Å²) in [5, 5.41) is 2.87. The van der Waals surface area contributed by atoms with Crippen LogP contribution in [0.2, 0.25) is 0 Å². The number of amides is 1. The largest absolute Gasteiger partial charge is 0.378 e. The Morgan fingerprint density at radius 3 is 2.52 bits per heavy atom. The molecule has 3 nitrogen and oxygen atoms in total. The summed E-state index contributed by atoms with van der Waals surface area (Å²) in [6.07, 6.45) is 0. The first-order valence-electron chi connectivity index (χ1n) is 6.20. The number of nitrogens with two attached hydrogens (primary N) is 1. The molecule has 110 valence electrons. The zero-order valence-corrected chi connectivity index (χ0v) is 11.2. The SMILES string of the molecule is CC(Nc1ccc(F)c(C(N)=O)c1)c1cccc(F)c1F. The quantitative estimate of drug-likeness (QED) is 0.908. The summed E-state index contributed by atoms with van der Waals surface area (Å²) in [7, 11) is 0. The Bertz CT molecular complexity index is 689. The number of carbonyl (C=O) groups excluding carboxylic acids is 1. The summed E-state index contributed by atoms with van der Waals surface area (Å²) in [5.74, 6) is -3.54. The molecule has 0 aliphatic heterocycles. The normalized spacial score (nSPS) is 12.0. The summed E-state index contributed by atoms with van der Waals surface area (Å²) in [5.41, 5.74) is 5.28. The molecule has 0 aliphatic carbocycles. The van der Waals surface area contributed by atoms with E-state index in [4.69, 9.17) is 5.73 Å². The predicted molar refractivity (Wildman–Crippen MR) is 73.3 cm³/mol. The fraction of sp³-hybridized carbons (Fsp3) is 0.133. The van der Waals surface area contributed by atoms with Crippen molar-refractivity contribution in [3.8, 4) is 0 Å². The molecule has 3 N–H and O–H groups in total. The van der Waals surface area contributed by atoms with Gasteiger partial charge in [0.2, 0.25) is 0 Å². The minimum absolute atomic E-state index is 0.125. The maximum atomic E-state index is 13.7. The Hall–Kier alpha value is -2.50. The summed E-state index contributed by atoms with van der Waals surface area (Å²) in [6.45, 7) is 1.62. The number of benzene rings is 2. The molecule has 0 radical (unpaired) electrons. The van der Waals surface area contributed by atoms with Crippen LogP contribution in [0.25, 0.3) is 0 Å². The van der Waals surface area contributed by atoms with Crippen LogP contribution in [-0.4, -0.2) is 5.91 Å². The number of primary amides is 1. The second-order valence-corrected chi connectivity index (χ2v) is 4.57. The minimum atomic E-state index is -0.949. The Morgan fingerprint density at radius 2 is 1.86 bits per heavy atom. The van der Waals surface area contributed by atoms with Gasteiger partial charge in [-0.2, -0.15) is 0 Å². The summed E-state index contributed by atoms with van der Waals surface area (Å²) >= 11 is 0. The first-order valence-corrected chi connectivity index (χ1v) is 6.20. The number of carbonyl (C=O) groups is 1. The Kier molecular flexibility index (Phi) is 4.16. The Labute approximate surface area is 119 Å². The van der Waals surface area contributed by atoms with Gasteiger partial charge in [0.05, 0.1) is 11.6 Å². The van der Waals surface area contributed by atoms with E-state index in [-0.39, 0.29) is 11.1 Å². The van der Waals surface area contributed by atoms with Gasteiger partial charge in [0.1, 0.15) is 5.82 Å². The van der Waals surface area contributed by atoms with Crippen LogP contribution < -0.4 is 11.1 Å². The number of halogens is 3. The van der Waals surface area contributed by atoms with Crippen molar-refractivity contribution in [2.45, 2.75) is 13.0 Å². The van der Waals surface area contributed by atoms with Crippen molar-refractivity contribution in [1.29, 1.82) is 0 Å². The van der Waals surface area contributed by atoms with Crippen molar-refractivity contribution in [3.05, 3.63) is 65.0 Å². The van der Waals surface area contributed by atoms with Gasteiger partial charge in [0.15, 0.2) is 11.6 Å². The first-order chi connectivity index (χ1) is 9.90. The van der Waals surface area contributed by atoms with Crippen LogP contribution in [0.1, 0.15) is 28.9 Å². The number of rotatable bonds is 4. The van der Waals surface area contributed by atoms with Gasteiger partial charge in [-0.05, 0) is 31.2 Å². The van der Waals surface area contributed by atoms with Gasteiger partial charge in [-0.15, -0.1) is 0 Å². The third-order valence-corrected chi connectivity index (χ3v) is 3.06. The van der Waals surface area contributed by atoms with Crippen molar-refractivity contribution in [2.24, 2.45) is 5.73 Å². The monoisotopic (exact) mass is 294 g/mol. The lowest BCUT2D eigenvalue weighted by atomic mass is 10.1. The molecule has 0 spiro atoms. The lowest BCUT2D eigenvalue weighted by Gasteiger charge is -2.17. The van der Waals surface area contributed by atoms with Crippen molar-refractivity contribution in [3.63, 3.8) is 0 Å². The third-order valence-electron chi connectivity index (χ3n) is 3.06. The highest BCUT2D eigenvalue weighted by Gasteiger charge is 2.15. The van der Waals surface area contributed by atoms with E-state index in [1.165, 1.54) is 24.3 Å². The Balaban J connectivity index is 2.27. The molecule has 21 heavy (non-hydrogen) atoms. The molecular weight excluding hydrogens is 281 g/mol. The maximum Gasteiger partial charge on any atom is 0.251 e. The number of hydrogen-bond acceptors (Lipinski definition) is 2. The van der Waals surface area contributed by atoms with Gasteiger partial charge in [0.25, 0.3) is 5.91 Å². The lowest BCUT2D eigenvalue weighted by molar-refractivity contribution is 0.0996. The topological polar surface area (TPSA) is 55.1 Å². The van der Waals surface area contributed by atoms with E-state index >= 15 is 0 Å². The van der Waals surface area contributed by atoms with Crippen LogP contribution in [0.4, 0.5) is 18.9 Å². The van der Waals surface area contributed by atoms with Crippen LogP contribution in [-0.2, 0) is 0 Å². The molecule has 0 heterocycles. The molecule has 1 unspecified atom stereocenters. The highest BCUT2D eigenvalue weighted by Crippen LogP contribution is 2.24. The van der Waals surface area contributed by atoms with Crippen molar-refractivity contribution >= 4 is 11.6 Å². The van der Waals surface area contributed by atoms with Crippen molar-refractivity contribution in [1.82, 2.24) is 0 Å². The molecule has 1 atom stereocenters. The molecule has 0 saturated carbocycles. The summed E-state index contributed by atoms with van der Waals surface area (Å²) in [6, 6.07) is 6.97. The Morgan fingerprint density at radius 1 is 1.14 bits per heavy atom. The first kappa shape index (κ1) is 14.9. The molecule has 0 aliphatic rings. The molecule has 1 amide bonds. The smallest absolute Gasteiger partial charge is 0.251 e. The number of hydrogen-bond donors (Lipinski definition) is 2. The van der Waals surface area contributed by atoms with E-state index < -0.39 is 29.4 Å². The predicted octanol–water partition coefficient (Wildman–Crippen LogP) is 3.38. The van der Waals surface area contributed by atoms with Crippen LogP contribution in [0.15, 0.2) is 36.4 Å². The molecule has 2 rings (SSSR count). The number of nitrogens with one attached hydrogen (secondary N) is 1. The van der Waals surface area contributed by atoms with Gasteiger partial charge in [-0.25, -0.2) is 13.2 Å². The molecule has 2 aromatic rings. The molecule has 0 saturated heterocycles.